The lowest BCUT2D eigenvalue weighted by Gasteiger charge is -2.35. The van der Waals surface area contributed by atoms with Crippen molar-refractivity contribution in [1.82, 2.24) is 19.6 Å². The van der Waals surface area contributed by atoms with Gasteiger partial charge in [-0.05, 0) is 81.8 Å². The molecule has 2 aromatic rings. The van der Waals surface area contributed by atoms with E-state index < -0.39 is 0 Å². The van der Waals surface area contributed by atoms with E-state index in [2.05, 4.69) is 24.3 Å². The van der Waals surface area contributed by atoms with Crippen LogP contribution in [0.15, 0.2) is 24.3 Å². The van der Waals surface area contributed by atoms with Gasteiger partial charge in [-0.25, -0.2) is 0 Å². The van der Waals surface area contributed by atoms with E-state index in [0.29, 0.717) is 24.7 Å². The molecule has 0 radical (unpaired) electrons. The number of benzene rings is 1. The zero-order valence-electron chi connectivity index (χ0n) is 21.6. The summed E-state index contributed by atoms with van der Waals surface area (Å²) in [5.74, 6) is 1.41. The van der Waals surface area contributed by atoms with Gasteiger partial charge in [0.15, 0.2) is 5.69 Å². The molecule has 192 valence electrons. The first kappa shape index (κ1) is 23.7. The van der Waals surface area contributed by atoms with Gasteiger partial charge in [0.05, 0.1) is 12.2 Å². The first-order chi connectivity index (χ1) is 17.5. The molecule has 36 heavy (non-hydrogen) atoms. The van der Waals surface area contributed by atoms with Gasteiger partial charge in [-0.3, -0.25) is 14.3 Å². The Morgan fingerprint density at radius 2 is 1.50 bits per heavy atom. The number of rotatable bonds is 5. The lowest BCUT2D eigenvalue weighted by atomic mass is 9.88. The maximum atomic E-state index is 13.4. The molecule has 2 saturated heterocycles. The van der Waals surface area contributed by atoms with Crippen molar-refractivity contribution in [1.29, 1.82) is 0 Å². The Hall–Kier alpha value is -2.67. The number of likely N-dealkylation sites (tertiary alicyclic amines) is 1. The molecule has 7 nitrogen and oxygen atoms in total. The predicted molar refractivity (Wildman–Crippen MR) is 137 cm³/mol. The topological polar surface area (TPSA) is 67.7 Å². The van der Waals surface area contributed by atoms with Crippen LogP contribution in [0.25, 0.3) is 0 Å². The number of ether oxygens (including phenoxy) is 1. The lowest BCUT2D eigenvalue weighted by Crippen LogP contribution is -2.48. The van der Waals surface area contributed by atoms with E-state index in [9.17, 15) is 9.59 Å². The molecule has 2 aliphatic heterocycles. The van der Waals surface area contributed by atoms with Crippen LogP contribution in [0.2, 0.25) is 0 Å². The molecule has 1 aromatic carbocycles. The van der Waals surface area contributed by atoms with Crippen molar-refractivity contribution in [2.24, 2.45) is 0 Å². The number of piperidine rings is 1. The Morgan fingerprint density at radius 1 is 0.889 bits per heavy atom. The fraction of sp³-hybridized carbons (Fsp3) is 0.621. The SMILES string of the molecule is C[C@@H]1CN(C(=O)c2nn(CC(=O)N3CCC(c4ccc(C5CC5)cc4)CC3)c3c2CCC3)C[C@H](C)O1. The van der Waals surface area contributed by atoms with Crippen LogP contribution >= 0.6 is 0 Å². The molecule has 2 aliphatic carbocycles. The van der Waals surface area contributed by atoms with Gasteiger partial charge >= 0.3 is 0 Å². The van der Waals surface area contributed by atoms with Gasteiger partial charge in [0, 0.05) is 37.4 Å². The van der Waals surface area contributed by atoms with Crippen LogP contribution < -0.4 is 0 Å². The van der Waals surface area contributed by atoms with Crippen LogP contribution in [0.3, 0.4) is 0 Å². The Balaban J connectivity index is 1.09. The van der Waals surface area contributed by atoms with Gasteiger partial charge in [-0.1, -0.05) is 24.3 Å². The molecular weight excluding hydrogens is 452 g/mol. The second kappa shape index (κ2) is 9.66. The molecule has 3 heterocycles. The Kier molecular flexibility index (Phi) is 6.36. The van der Waals surface area contributed by atoms with Crippen molar-refractivity contribution in [3.8, 4) is 0 Å². The second-order valence-electron chi connectivity index (χ2n) is 11.3. The highest BCUT2D eigenvalue weighted by atomic mass is 16.5. The highest BCUT2D eigenvalue weighted by molar-refractivity contribution is 5.94. The van der Waals surface area contributed by atoms with Crippen molar-refractivity contribution in [3.63, 3.8) is 0 Å². The zero-order valence-corrected chi connectivity index (χ0v) is 21.6. The summed E-state index contributed by atoms with van der Waals surface area (Å²) in [5.41, 5.74) is 5.56. The minimum Gasteiger partial charge on any atom is -0.372 e. The van der Waals surface area contributed by atoms with Gasteiger partial charge in [0.1, 0.15) is 6.54 Å². The fourth-order valence-electron chi connectivity index (χ4n) is 6.45. The fourth-order valence-corrected chi connectivity index (χ4v) is 6.45. The Morgan fingerprint density at radius 3 is 2.11 bits per heavy atom. The predicted octanol–water partition coefficient (Wildman–Crippen LogP) is 3.90. The summed E-state index contributed by atoms with van der Waals surface area (Å²) in [4.78, 5) is 30.5. The molecule has 0 spiro atoms. The summed E-state index contributed by atoms with van der Waals surface area (Å²) in [7, 11) is 0. The third-order valence-electron chi connectivity index (χ3n) is 8.51. The van der Waals surface area contributed by atoms with E-state index >= 15 is 0 Å². The van der Waals surface area contributed by atoms with Crippen molar-refractivity contribution >= 4 is 11.8 Å². The molecule has 6 rings (SSSR count). The van der Waals surface area contributed by atoms with Gasteiger partial charge in [0.25, 0.3) is 5.91 Å². The third-order valence-corrected chi connectivity index (χ3v) is 8.51. The van der Waals surface area contributed by atoms with Gasteiger partial charge in [-0.15, -0.1) is 0 Å². The quantitative estimate of drug-likeness (QED) is 0.638. The molecule has 1 saturated carbocycles. The number of morpholine rings is 1. The minimum absolute atomic E-state index is 0.0186. The van der Waals surface area contributed by atoms with E-state index in [1.54, 1.807) is 0 Å². The summed E-state index contributed by atoms with van der Waals surface area (Å²) in [6, 6.07) is 9.22. The van der Waals surface area contributed by atoms with Crippen LogP contribution in [0.4, 0.5) is 0 Å². The maximum absolute atomic E-state index is 13.4. The average Bonchev–Trinajstić information content (AvgIpc) is 3.52. The van der Waals surface area contributed by atoms with Crippen LogP contribution in [0, 0.1) is 0 Å². The Bertz CT molecular complexity index is 1120. The van der Waals surface area contributed by atoms with Crippen LogP contribution in [0.1, 0.15) is 90.7 Å². The molecule has 3 fully saturated rings. The van der Waals surface area contributed by atoms with Crippen molar-refractivity contribution in [3.05, 3.63) is 52.3 Å². The van der Waals surface area contributed by atoms with E-state index in [1.807, 2.05) is 28.3 Å². The number of nitrogens with zero attached hydrogens (tertiary/aromatic N) is 4. The van der Waals surface area contributed by atoms with E-state index in [1.165, 1.54) is 24.0 Å². The van der Waals surface area contributed by atoms with Crippen molar-refractivity contribution in [2.45, 2.75) is 89.4 Å². The van der Waals surface area contributed by atoms with Crippen LogP contribution in [-0.4, -0.2) is 69.8 Å². The molecule has 0 bridgehead atoms. The van der Waals surface area contributed by atoms with Crippen molar-refractivity contribution in [2.75, 3.05) is 26.2 Å². The van der Waals surface area contributed by atoms with Crippen LogP contribution in [-0.2, 0) is 28.9 Å². The average molecular weight is 491 g/mol. The smallest absolute Gasteiger partial charge is 0.274 e. The summed E-state index contributed by atoms with van der Waals surface area (Å²) in [6.45, 7) is 6.98. The highest BCUT2D eigenvalue weighted by Gasteiger charge is 2.34. The third kappa shape index (κ3) is 4.70. The normalized spacial score (nSPS) is 24.7. The molecule has 2 atom stereocenters. The highest BCUT2D eigenvalue weighted by Crippen LogP contribution is 2.40. The monoisotopic (exact) mass is 490 g/mol. The minimum atomic E-state index is -0.0186. The molecule has 2 amide bonds. The van der Waals surface area contributed by atoms with E-state index in [4.69, 9.17) is 9.84 Å². The first-order valence-electron chi connectivity index (χ1n) is 13.9. The molecule has 4 aliphatic rings. The molecule has 0 unspecified atom stereocenters. The Labute approximate surface area is 213 Å². The second-order valence-corrected chi connectivity index (χ2v) is 11.3. The number of hydrogen-bond acceptors (Lipinski definition) is 4. The molecule has 1 aromatic heterocycles. The number of fused-ring (bicyclic) bond motifs is 1. The number of hydrogen-bond donors (Lipinski definition) is 0. The number of amides is 2. The van der Waals surface area contributed by atoms with Gasteiger partial charge in [0.2, 0.25) is 5.91 Å². The maximum Gasteiger partial charge on any atom is 0.274 e. The van der Waals surface area contributed by atoms with Gasteiger partial charge in [-0.2, -0.15) is 5.10 Å². The first-order valence-corrected chi connectivity index (χ1v) is 13.9. The standard InChI is InChI=1S/C29H38N4O3/c1-19-16-32(17-20(2)36-19)29(35)28-25-4-3-5-26(25)33(30-28)18-27(34)31-14-12-24(13-15-31)23-10-8-22(9-11-23)21-6-7-21/h8-11,19-21,24H,3-7,12-18H2,1-2H3/t19-,20+. The number of carbonyl (C=O) groups is 2. The summed E-state index contributed by atoms with van der Waals surface area (Å²) >= 11 is 0. The van der Waals surface area contributed by atoms with Gasteiger partial charge < -0.3 is 14.5 Å². The lowest BCUT2D eigenvalue weighted by molar-refractivity contribution is -0.133. The molecule has 7 heteroatoms. The number of aromatic nitrogens is 2. The summed E-state index contributed by atoms with van der Waals surface area (Å²) in [6.07, 6.45) is 7.49. The molecular formula is C29H38N4O3. The summed E-state index contributed by atoms with van der Waals surface area (Å²) in [5, 5.41) is 4.72. The van der Waals surface area contributed by atoms with Crippen LogP contribution in [0.5, 0.6) is 0 Å². The summed E-state index contributed by atoms with van der Waals surface area (Å²) < 4.78 is 7.63. The molecule has 0 N–H and O–H groups in total. The zero-order chi connectivity index (χ0) is 24.8. The van der Waals surface area contributed by atoms with Crippen molar-refractivity contribution < 1.29 is 14.3 Å². The van der Waals surface area contributed by atoms with E-state index in [0.717, 1.165) is 62.4 Å². The number of carbonyl (C=O) groups excluding carboxylic acids is 2. The van der Waals surface area contributed by atoms with E-state index in [-0.39, 0.29) is 30.6 Å². The largest absolute Gasteiger partial charge is 0.372 e.